The highest BCUT2D eigenvalue weighted by molar-refractivity contribution is 6.31. The number of ether oxygens (including phenoxy) is 2. The molecule has 0 bridgehead atoms. The van der Waals surface area contributed by atoms with Gasteiger partial charge in [0.05, 0.1) is 24.7 Å². The van der Waals surface area contributed by atoms with Crippen molar-refractivity contribution >= 4 is 28.5 Å². The van der Waals surface area contributed by atoms with Gasteiger partial charge in [-0.05, 0) is 30.3 Å². The summed E-state index contributed by atoms with van der Waals surface area (Å²) in [6, 6.07) is 21.4. The van der Waals surface area contributed by atoms with E-state index in [9.17, 15) is 4.79 Å². The number of benzene rings is 3. The lowest BCUT2D eigenvalue weighted by Gasteiger charge is -2.24. The molecular weight excluding hydrogens is 464 g/mol. The van der Waals surface area contributed by atoms with Crippen molar-refractivity contribution < 1.29 is 14.3 Å². The summed E-state index contributed by atoms with van der Waals surface area (Å²) in [5.41, 5.74) is 3.77. The average molecular weight is 491 g/mol. The van der Waals surface area contributed by atoms with Gasteiger partial charge in [0.1, 0.15) is 23.4 Å². The van der Waals surface area contributed by atoms with Crippen molar-refractivity contribution in [2.45, 2.75) is 19.1 Å². The number of hydrogen-bond donors (Lipinski definition) is 2. The summed E-state index contributed by atoms with van der Waals surface area (Å²) in [5.74, 6) is 2.38. The number of halogens is 1. The molecule has 0 saturated heterocycles. The Morgan fingerprint density at radius 1 is 1.20 bits per heavy atom. The maximum Gasteiger partial charge on any atom is 0.234 e. The van der Waals surface area contributed by atoms with Crippen molar-refractivity contribution in [2.24, 2.45) is 0 Å². The van der Waals surface area contributed by atoms with Crippen LogP contribution in [0, 0.1) is 0 Å². The number of methoxy groups -OCH3 is 1. The van der Waals surface area contributed by atoms with Gasteiger partial charge in [-0.1, -0.05) is 48.0 Å². The fourth-order valence-corrected chi connectivity index (χ4v) is 4.60. The topological polar surface area (TPSA) is 79.5 Å². The monoisotopic (exact) mass is 490 g/mol. The number of hydrogen-bond acceptors (Lipinski definition) is 5. The molecule has 2 N–H and O–H groups in total. The first-order chi connectivity index (χ1) is 17.1. The quantitative estimate of drug-likeness (QED) is 0.398. The van der Waals surface area contributed by atoms with Gasteiger partial charge in [-0.3, -0.25) is 9.69 Å². The summed E-state index contributed by atoms with van der Waals surface area (Å²) >= 11 is 6.05. The van der Waals surface area contributed by atoms with Crippen LogP contribution in [0.5, 0.6) is 11.5 Å². The van der Waals surface area contributed by atoms with E-state index in [-0.39, 0.29) is 18.6 Å². The van der Waals surface area contributed by atoms with Crippen molar-refractivity contribution in [1.82, 2.24) is 20.2 Å². The molecule has 0 saturated carbocycles. The third-order valence-electron chi connectivity index (χ3n) is 6.09. The molecule has 0 radical (unpaired) electrons. The minimum Gasteiger partial charge on any atom is -0.496 e. The molecule has 3 aromatic carbocycles. The number of rotatable bonds is 7. The molecule has 1 atom stereocenters. The number of nitrogens with one attached hydrogen (secondary N) is 2. The molecule has 7 nitrogen and oxygen atoms in total. The van der Waals surface area contributed by atoms with E-state index in [0.29, 0.717) is 31.1 Å². The van der Waals surface area contributed by atoms with Crippen molar-refractivity contribution in [1.29, 1.82) is 0 Å². The van der Waals surface area contributed by atoms with Crippen LogP contribution >= 0.6 is 11.6 Å². The lowest BCUT2D eigenvalue weighted by Crippen LogP contribution is -2.39. The number of para-hydroxylation sites is 2. The van der Waals surface area contributed by atoms with E-state index >= 15 is 0 Å². The van der Waals surface area contributed by atoms with Gasteiger partial charge >= 0.3 is 0 Å². The van der Waals surface area contributed by atoms with Crippen molar-refractivity contribution in [3.05, 3.63) is 88.7 Å². The fourth-order valence-electron chi connectivity index (χ4n) is 4.43. The lowest BCUT2D eigenvalue weighted by atomic mass is 10.1. The van der Waals surface area contributed by atoms with Gasteiger partial charge in [0.25, 0.3) is 0 Å². The van der Waals surface area contributed by atoms with Crippen LogP contribution in [0.1, 0.15) is 23.1 Å². The van der Waals surface area contributed by atoms with E-state index in [4.69, 9.17) is 21.1 Å². The first-order valence-corrected chi connectivity index (χ1v) is 12.0. The summed E-state index contributed by atoms with van der Waals surface area (Å²) < 4.78 is 12.0. The van der Waals surface area contributed by atoms with Crippen LogP contribution in [0.3, 0.4) is 0 Å². The number of aromatic nitrogens is 2. The fraction of sp³-hybridized carbons (Fsp3) is 0.259. The predicted molar refractivity (Wildman–Crippen MR) is 136 cm³/mol. The number of carbonyl (C=O) groups is 1. The molecule has 1 amide bonds. The first-order valence-electron chi connectivity index (χ1n) is 11.6. The Morgan fingerprint density at radius 3 is 2.91 bits per heavy atom. The van der Waals surface area contributed by atoms with Crippen molar-refractivity contribution in [3.8, 4) is 11.5 Å². The number of nitrogens with zero attached hydrogens (tertiary/aromatic N) is 2. The van der Waals surface area contributed by atoms with Crippen LogP contribution < -0.4 is 14.8 Å². The summed E-state index contributed by atoms with van der Waals surface area (Å²) in [4.78, 5) is 22.8. The molecule has 2 heterocycles. The van der Waals surface area contributed by atoms with E-state index in [1.165, 1.54) is 0 Å². The highest BCUT2D eigenvalue weighted by atomic mass is 35.5. The molecule has 1 unspecified atom stereocenters. The molecule has 1 aliphatic heterocycles. The SMILES string of the molecule is COc1ccccc1C1CN(CC(=O)NCCc2nc3ccc(Cl)cc3[nH]2)Cc2ccccc2O1. The molecule has 35 heavy (non-hydrogen) atoms. The van der Waals surface area contributed by atoms with Gasteiger partial charge in [0.2, 0.25) is 5.91 Å². The molecule has 4 aromatic rings. The summed E-state index contributed by atoms with van der Waals surface area (Å²) in [7, 11) is 1.66. The summed E-state index contributed by atoms with van der Waals surface area (Å²) in [6.45, 7) is 1.94. The minimum absolute atomic E-state index is 0.0395. The second-order valence-corrected chi connectivity index (χ2v) is 9.01. The van der Waals surface area contributed by atoms with E-state index in [1.807, 2.05) is 66.7 Å². The number of amides is 1. The van der Waals surface area contributed by atoms with Crippen LogP contribution in [0.2, 0.25) is 5.02 Å². The molecule has 8 heteroatoms. The van der Waals surface area contributed by atoms with E-state index in [0.717, 1.165) is 39.5 Å². The zero-order valence-corrected chi connectivity index (χ0v) is 20.2. The van der Waals surface area contributed by atoms with Crippen molar-refractivity contribution in [3.63, 3.8) is 0 Å². The van der Waals surface area contributed by atoms with Crippen LogP contribution in [-0.4, -0.2) is 47.5 Å². The first kappa shape index (κ1) is 23.2. The molecule has 0 spiro atoms. The van der Waals surface area contributed by atoms with E-state index in [2.05, 4.69) is 20.2 Å². The Labute approximate surface area is 209 Å². The summed E-state index contributed by atoms with van der Waals surface area (Å²) in [6.07, 6.45) is 0.346. The van der Waals surface area contributed by atoms with E-state index < -0.39 is 0 Å². The van der Waals surface area contributed by atoms with Crippen LogP contribution in [0.4, 0.5) is 0 Å². The molecular formula is C27H27ClN4O3. The number of aromatic amines is 1. The van der Waals surface area contributed by atoms with Crippen LogP contribution in [0.25, 0.3) is 11.0 Å². The number of carbonyl (C=O) groups excluding carboxylic acids is 1. The van der Waals surface area contributed by atoms with Gasteiger partial charge in [-0.15, -0.1) is 0 Å². The number of H-pyrrole nitrogens is 1. The summed E-state index contributed by atoms with van der Waals surface area (Å²) in [5, 5.41) is 3.69. The molecule has 1 aliphatic rings. The average Bonchev–Trinajstić information content (AvgIpc) is 3.16. The lowest BCUT2D eigenvalue weighted by molar-refractivity contribution is -0.122. The Bertz CT molecular complexity index is 1340. The van der Waals surface area contributed by atoms with Gasteiger partial charge in [-0.2, -0.15) is 0 Å². The van der Waals surface area contributed by atoms with Gasteiger partial charge in [0, 0.05) is 42.2 Å². The minimum atomic E-state index is -0.259. The van der Waals surface area contributed by atoms with Crippen molar-refractivity contribution in [2.75, 3.05) is 26.7 Å². The smallest absolute Gasteiger partial charge is 0.234 e. The Morgan fingerprint density at radius 2 is 2.03 bits per heavy atom. The molecule has 0 fully saturated rings. The largest absolute Gasteiger partial charge is 0.496 e. The zero-order valence-electron chi connectivity index (χ0n) is 19.5. The van der Waals surface area contributed by atoms with Gasteiger partial charge in [-0.25, -0.2) is 4.98 Å². The van der Waals surface area contributed by atoms with Gasteiger partial charge < -0.3 is 19.8 Å². The Hall–Kier alpha value is -3.55. The Kier molecular flexibility index (Phi) is 6.88. The maximum absolute atomic E-state index is 12.8. The standard InChI is InChI=1S/C27H27ClN4O3/c1-34-24-9-5-3-7-20(24)25-16-32(15-18-6-2-4-8-23(18)35-25)17-27(33)29-13-12-26-30-21-11-10-19(28)14-22(21)31-26/h2-11,14,25H,12-13,15-17H2,1H3,(H,29,33)(H,30,31). The third-order valence-corrected chi connectivity index (χ3v) is 6.32. The van der Waals surface area contributed by atoms with Gasteiger partial charge in [0.15, 0.2) is 0 Å². The molecule has 180 valence electrons. The third kappa shape index (κ3) is 5.42. The second-order valence-electron chi connectivity index (χ2n) is 8.57. The second kappa shape index (κ2) is 10.4. The maximum atomic E-state index is 12.8. The normalized spacial score (nSPS) is 15.8. The van der Waals surface area contributed by atoms with Crippen LogP contribution in [-0.2, 0) is 17.8 Å². The predicted octanol–water partition coefficient (Wildman–Crippen LogP) is 4.52. The highest BCUT2D eigenvalue weighted by Gasteiger charge is 2.27. The molecule has 0 aliphatic carbocycles. The number of fused-ring (bicyclic) bond motifs is 2. The molecule has 1 aromatic heterocycles. The number of imidazole rings is 1. The molecule has 5 rings (SSSR count). The van der Waals surface area contributed by atoms with Crippen LogP contribution in [0.15, 0.2) is 66.7 Å². The Balaban J connectivity index is 1.25. The zero-order chi connectivity index (χ0) is 24.2. The highest BCUT2D eigenvalue weighted by Crippen LogP contribution is 2.34. The van der Waals surface area contributed by atoms with E-state index in [1.54, 1.807) is 7.11 Å².